The Bertz CT molecular complexity index is 640. The largest absolute Gasteiger partial charge is 0.469 e. The van der Waals surface area contributed by atoms with Crippen molar-refractivity contribution in [3.05, 3.63) is 11.6 Å². The van der Waals surface area contributed by atoms with Gasteiger partial charge in [0.05, 0.1) is 13.2 Å². The number of esters is 1. The highest BCUT2D eigenvalue weighted by atomic mass is 16.5. The van der Waals surface area contributed by atoms with Crippen LogP contribution in [0.1, 0.15) is 85.0 Å². The summed E-state index contributed by atoms with van der Waals surface area (Å²) < 4.78 is 4.87. The average Bonchev–Trinajstić information content (AvgIpc) is 3.03. The third-order valence-corrected chi connectivity index (χ3v) is 9.79. The van der Waals surface area contributed by atoms with Gasteiger partial charge in [-0.2, -0.15) is 0 Å². The molecule has 0 amide bonds. The van der Waals surface area contributed by atoms with Crippen molar-refractivity contribution >= 4 is 5.97 Å². The molecule has 3 fully saturated rings. The summed E-state index contributed by atoms with van der Waals surface area (Å²) in [5.41, 5.74) is 2.49. The number of hydrogen-bond acceptors (Lipinski definition) is 3. The van der Waals surface area contributed by atoms with Crippen LogP contribution in [0.2, 0.25) is 0 Å². The molecule has 158 valence electrons. The molecule has 8 atom stereocenters. The summed E-state index contributed by atoms with van der Waals surface area (Å²) in [6.07, 6.45) is 13.8. The molecule has 3 nitrogen and oxygen atoms in total. The van der Waals surface area contributed by atoms with Crippen LogP contribution in [0, 0.1) is 40.4 Å². The zero-order chi connectivity index (χ0) is 20.1. The van der Waals surface area contributed by atoms with Crippen LogP contribution in [0.15, 0.2) is 11.6 Å². The highest BCUT2D eigenvalue weighted by molar-refractivity contribution is 5.69. The fourth-order valence-corrected chi connectivity index (χ4v) is 8.13. The quantitative estimate of drug-likeness (QED) is 0.510. The SMILES string of the molecule is COC(=O)CC[C@H](C)[C@@H]1CC[C@@H]2[C@@H]3CC[C@@H]4C[C@H](O)CC[C@]4(C)C3=CC[C@@]21C. The number of rotatable bonds is 4. The standard InChI is InChI=1S/C25H40O3/c1-16(5-10-23(27)28-4)20-8-9-21-19-7-6-17-15-18(26)11-13-24(17,2)22(19)12-14-25(20,21)3/h12,16-21,26H,5-11,13-15H2,1-4H3/t16-,17+,18+,19-,20-,21+,24-,25+/m0/s1. The second-order valence-electron chi connectivity index (χ2n) is 11.0. The zero-order valence-electron chi connectivity index (χ0n) is 18.4. The third kappa shape index (κ3) is 3.16. The predicted octanol–water partition coefficient (Wildman–Crippen LogP) is 5.52. The summed E-state index contributed by atoms with van der Waals surface area (Å²) in [5.74, 6) is 3.48. The Morgan fingerprint density at radius 1 is 1.25 bits per heavy atom. The van der Waals surface area contributed by atoms with E-state index >= 15 is 0 Å². The van der Waals surface area contributed by atoms with Crippen molar-refractivity contribution in [2.24, 2.45) is 40.4 Å². The molecular weight excluding hydrogens is 348 g/mol. The van der Waals surface area contributed by atoms with Gasteiger partial charge in [-0.25, -0.2) is 0 Å². The second-order valence-corrected chi connectivity index (χ2v) is 11.0. The molecule has 3 heteroatoms. The maximum atomic E-state index is 11.6. The van der Waals surface area contributed by atoms with Gasteiger partial charge in [0.1, 0.15) is 0 Å². The van der Waals surface area contributed by atoms with Crippen molar-refractivity contribution in [2.45, 2.75) is 91.1 Å². The lowest BCUT2D eigenvalue weighted by molar-refractivity contribution is -0.141. The number of fused-ring (bicyclic) bond motifs is 5. The van der Waals surface area contributed by atoms with E-state index in [2.05, 4.69) is 26.8 Å². The lowest BCUT2D eigenvalue weighted by Gasteiger charge is -2.57. The molecule has 4 rings (SSSR count). The first kappa shape index (κ1) is 20.4. The number of allylic oxidation sites excluding steroid dienone is 2. The maximum Gasteiger partial charge on any atom is 0.305 e. The molecule has 0 radical (unpaired) electrons. The van der Waals surface area contributed by atoms with Gasteiger partial charge in [0, 0.05) is 6.42 Å². The van der Waals surface area contributed by atoms with Crippen molar-refractivity contribution in [2.75, 3.05) is 7.11 Å². The molecule has 0 aliphatic heterocycles. The van der Waals surface area contributed by atoms with Gasteiger partial charge in [-0.1, -0.05) is 32.4 Å². The lowest BCUT2D eigenvalue weighted by atomic mass is 9.48. The van der Waals surface area contributed by atoms with Gasteiger partial charge in [-0.05, 0) is 98.2 Å². The smallest absolute Gasteiger partial charge is 0.305 e. The molecule has 0 unspecified atom stereocenters. The molecule has 0 heterocycles. The van der Waals surface area contributed by atoms with E-state index < -0.39 is 0 Å². The Morgan fingerprint density at radius 2 is 2.04 bits per heavy atom. The number of ether oxygens (including phenoxy) is 1. The minimum Gasteiger partial charge on any atom is -0.469 e. The van der Waals surface area contributed by atoms with Crippen molar-refractivity contribution in [1.82, 2.24) is 0 Å². The van der Waals surface area contributed by atoms with E-state index in [4.69, 9.17) is 4.74 Å². The van der Waals surface area contributed by atoms with E-state index in [0.29, 0.717) is 29.1 Å². The summed E-state index contributed by atoms with van der Waals surface area (Å²) >= 11 is 0. The first-order valence-corrected chi connectivity index (χ1v) is 11.7. The van der Waals surface area contributed by atoms with Crippen LogP contribution in [0.25, 0.3) is 0 Å². The van der Waals surface area contributed by atoms with Crippen LogP contribution in [-0.4, -0.2) is 24.3 Å². The molecule has 4 aliphatic carbocycles. The summed E-state index contributed by atoms with van der Waals surface area (Å²) in [6.45, 7) is 7.42. The number of aliphatic hydroxyl groups is 1. The number of carbonyl (C=O) groups is 1. The third-order valence-electron chi connectivity index (χ3n) is 9.79. The number of methoxy groups -OCH3 is 1. The molecule has 1 N–H and O–H groups in total. The minimum absolute atomic E-state index is 0.0666. The zero-order valence-corrected chi connectivity index (χ0v) is 18.4. The fraction of sp³-hybridized carbons (Fsp3) is 0.880. The van der Waals surface area contributed by atoms with Crippen LogP contribution >= 0.6 is 0 Å². The van der Waals surface area contributed by atoms with Gasteiger partial charge in [-0.15, -0.1) is 0 Å². The Labute approximate surface area is 171 Å². The maximum absolute atomic E-state index is 11.6. The van der Waals surface area contributed by atoms with E-state index in [1.807, 2.05) is 0 Å². The Morgan fingerprint density at radius 3 is 2.79 bits per heavy atom. The summed E-state index contributed by atoms with van der Waals surface area (Å²) in [6, 6.07) is 0. The van der Waals surface area contributed by atoms with Gasteiger partial charge < -0.3 is 9.84 Å². The van der Waals surface area contributed by atoms with E-state index in [-0.39, 0.29) is 12.1 Å². The molecule has 0 spiro atoms. The summed E-state index contributed by atoms with van der Waals surface area (Å²) in [5, 5.41) is 10.2. The fourth-order valence-electron chi connectivity index (χ4n) is 8.13. The lowest BCUT2D eigenvalue weighted by Crippen LogP contribution is -2.48. The summed E-state index contributed by atoms with van der Waals surface area (Å²) in [7, 11) is 1.49. The molecular formula is C25H40O3. The van der Waals surface area contributed by atoms with E-state index in [1.165, 1.54) is 45.6 Å². The van der Waals surface area contributed by atoms with Crippen molar-refractivity contribution in [3.63, 3.8) is 0 Å². The second kappa shape index (κ2) is 7.45. The summed E-state index contributed by atoms with van der Waals surface area (Å²) in [4.78, 5) is 11.6. The highest BCUT2D eigenvalue weighted by Crippen LogP contribution is 2.66. The van der Waals surface area contributed by atoms with Gasteiger partial charge in [0.2, 0.25) is 0 Å². The molecule has 0 saturated heterocycles. The van der Waals surface area contributed by atoms with Gasteiger partial charge >= 0.3 is 5.97 Å². The van der Waals surface area contributed by atoms with E-state index in [9.17, 15) is 9.90 Å². The molecule has 28 heavy (non-hydrogen) atoms. The van der Waals surface area contributed by atoms with Gasteiger partial charge in [-0.3, -0.25) is 4.79 Å². The number of hydrogen-bond donors (Lipinski definition) is 1. The predicted molar refractivity (Wildman–Crippen MR) is 112 cm³/mol. The number of aliphatic hydroxyl groups excluding tert-OH is 1. The van der Waals surface area contributed by atoms with Crippen LogP contribution in [-0.2, 0) is 9.53 Å². The van der Waals surface area contributed by atoms with E-state index in [1.54, 1.807) is 5.57 Å². The molecule has 0 aromatic heterocycles. The first-order valence-electron chi connectivity index (χ1n) is 11.7. The molecule has 0 bridgehead atoms. The monoisotopic (exact) mass is 388 g/mol. The number of carbonyl (C=O) groups excluding carboxylic acids is 1. The van der Waals surface area contributed by atoms with Crippen LogP contribution in [0.5, 0.6) is 0 Å². The average molecular weight is 389 g/mol. The van der Waals surface area contributed by atoms with E-state index in [0.717, 1.165) is 37.0 Å². The normalized spacial score (nSPS) is 46.0. The highest BCUT2D eigenvalue weighted by Gasteiger charge is 2.57. The van der Waals surface area contributed by atoms with Crippen LogP contribution < -0.4 is 0 Å². The molecule has 0 aromatic carbocycles. The first-order chi connectivity index (χ1) is 13.3. The molecule has 4 aliphatic rings. The Hall–Kier alpha value is -0.830. The van der Waals surface area contributed by atoms with Crippen LogP contribution in [0.4, 0.5) is 0 Å². The minimum atomic E-state index is -0.0735. The Balaban J connectivity index is 1.53. The van der Waals surface area contributed by atoms with Crippen molar-refractivity contribution in [1.29, 1.82) is 0 Å². The van der Waals surface area contributed by atoms with Crippen LogP contribution in [0.3, 0.4) is 0 Å². The Kier molecular flexibility index (Phi) is 5.44. The van der Waals surface area contributed by atoms with Crippen molar-refractivity contribution in [3.8, 4) is 0 Å². The topological polar surface area (TPSA) is 46.5 Å². The van der Waals surface area contributed by atoms with Gasteiger partial charge in [0.15, 0.2) is 0 Å². The van der Waals surface area contributed by atoms with Gasteiger partial charge in [0.25, 0.3) is 0 Å². The molecule has 0 aromatic rings. The molecule has 3 saturated carbocycles. The van der Waals surface area contributed by atoms with Crippen molar-refractivity contribution < 1.29 is 14.6 Å².